The van der Waals surface area contributed by atoms with Crippen LogP contribution in [0.2, 0.25) is 0 Å². The van der Waals surface area contributed by atoms with E-state index in [0.717, 1.165) is 28.7 Å². The van der Waals surface area contributed by atoms with Crippen LogP contribution in [0.1, 0.15) is 56.1 Å². The molecule has 0 spiro atoms. The van der Waals surface area contributed by atoms with Gasteiger partial charge < -0.3 is 5.11 Å². The molecule has 2 aliphatic rings. The van der Waals surface area contributed by atoms with Gasteiger partial charge in [0.25, 0.3) is 0 Å². The Morgan fingerprint density at radius 1 is 1.00 bits per heavy atom. The Bertz CT molecular complexity index is 887. The van der Waals surface area contributed by atoms with Crippen LogP contribution in [0.25, 0.3) is 11.0 Å². The minimum atomic E-state index is -0.920. The molecule has 1 saturated carbocycles. The second-order valence-electron chi connectivity index (χ2n) is 8.01. The van der Waals surface area contributed by atoms with Gasteiger partial charge in [0.1, 0.15) is 5.41 Å². The molecule has 4 nitrogen and oxygen atoms in total. The van der Waals surface area contributed by atoms with E-state index >= 15 is 0 Å². The number of nitrogens with zero attached hydrogens (tertiary/aromatic N) is 2. The monoisotopic (exact) mass is 310 g/mol. The van der Waals surface area contributed by atoms with Crippen LogP contribution in [0.4, 0.5) is 0 Å². The molecule has 4 rings (SSSR count). The van der Waals surface area contributed by atoms with Crippen molar-refractivity contribution in [3.63, 3.8) is 0 Å². The van der Waals surface area contributed by atoms with Crippen LogP contribution in [0.3, 0.4) is 0 Å². The van der Waals surface area contributed by atoms with E-state index in [-0.39, 0.29) is 5.41 Å². The number of aromatic nitrogens is 2. The van der Waals surface area contributed by atoms with E-state index in [1.807, 2.05) is 13.0 Å². The topological polar surface area (TPSA) is 63.1 Å². The number of fused-ring (bicyclic) bond motifs is 6. The normalized spacial score (nSPS) is 30.7. The molecule has 0 radical (unpaired) electrons. The van der Waals surface area contributed by atoms with E-state index in [1.165, 1.54) is 5.56 Å². The van der Waals surface area contributed by atoms with E-state index in [0.29, 0.717) is 12.1 Å². The third-order valence-corrected chi connectivity index (χ3v) is 7.02. The first-order valence-electron chi connectivity index (χ1n) is 8.18. The van der Waals surface area contributed by atoms with Crippen LogP contribution >= 0.6 is 0 Å². The first-order valence-corrected chi connectivity index (χ1v) is 8.18. The summed E-state index contributed by atoms with van der Waals surface area (Å²) in [5, 5.41) is 10.1. The number of aliphatic carboxylic acids is 1. The average molecular weight is 310 g/mol. The number of benzene rings is 1. The second-order valence-corrected chi connectivity index (χ2v) is 8.01. The molecule has 2 bridgehead atoms. The minimum absolute atomic E-state index is 0.235. The lowest BCUT2D eigenvalue weighted by Crippen LogP contribution is -2.45. The van der Waals surface area contributed by atoms with Crippen molar-refractivity contribution in [3.05, 3.63) is 34.6 Å². The molecule has 1 heterocycles. The molecular formula is C19H22N2O2. The first kappa shape index (κ1) is 14.6. The van der Waals surface area contributed by atoms with Gasteiger partial charge >= 0.3 is 5.97 Å². The largest absolute Gasteiger partial charge is 0.481 e. The molecule has 1 fully saturated rings. The molecule has 2 aliphatic carbocycles. The van der Waals surface area contributed by atoms with E-state index in [9.17, 15) is 9.90 Å². The highest BCUT2D eigenvalue weighted by molar-refractivity contribution is 5.88. The average Bonchev–Trinajstić information content (AvgIpc) is 2.75. The van der Waals surface area contributed by atoms with Crippen LogP contribution in [-0.4, -0.2) is 21.0 Å². The lowest BCUT2D eigenvalue weighted by Gasteiger charge is -2.37. The quantitative estimate of drug-likeness (QED) is 0.873. The number of carbonyl (C=O) groups is 1. The van der Waals surface area contributed by atoms with Gasteiger partial charge in [-0.15, -0.1) is 0 Å². The SMILES string of the molecule is Cc1cc2nc3c(nc2cc1C)[C@]1(C(=O)O)CC[C@]3(C)C1(C)C. The fourth-order valence-corrected chi connectivity index (χ4v) is 4.83. The highest BCUT2D eigenvalue weighted by Crippen LogP contribution is 2.70. The van der Waals surface area contributed by atoms with Crippen molar-refractivity contribution in [3.8, 4) is 0 Å². The maximum atomic E-state index is 12.3. The molecule has 1 aromatic heterocycles. The van der Waals surface area contributed by atoms with Crippen LogP contribution in [0.15, 0.2) is 12.1 Å². The summed E-state index contributed by atoms with van der Waals surface area (Å²) in [6.07, 6.45) is 1.49. The van der Waals surface area contributed by atoms with Crippen LogP contribution in [0.5, 0.6) is 0 Å². The second kappa shape index (κ2) is 3.92. The van der Waals surface area contributed by atoms with Gasteiger partial charge in [0.05, 0.1) is 22.4 Å². The molecule has 1 aromatic carbocycles. The lowest BCUT2D eigenvalue weighted by atomic mass is 9.64. The summed E-state index contributed by atoms with van der Waals surface area (Å²) in [6, 6.07) is 4.09. The van der Waals surface area contributed by atoms with Crippen molar-refractivity contribution in [2.75, 3.05) is 0 Å². The fourth-order valence-electron chi connectivity index (χ4n) is 4.83. The van der Waals surface area contributed by atoms with E-state index in [1.54, 1.807) is 0 Å². The van der Waals surface area contributed by atoms with Crippen molar-refractivity contribution in [2.45, 2.75) is 58.3 Å². The van der Waals surface area contributed by atoms with Crippen LogP contribution in [-0.2, 0) is 15.6 Å². The predicted molar refractivity (Wildman–Crippen MR) is 88.7 cm³/mol. The molecule has 120 valence electrons. The molecular weight excluding hydrogens is 288 g/mol. The summed E-state index contributed by atoms with van der Waals surface area (Å²) in [4.78, 5) is 22.0. The van der Waals surface area contributed by atoms with Crippen molar-refractivity contribution in [1.29, 1.82) is 0 Å². The Labute approximate surface area is 136 Å². The molecule has 0 aliphatic heterocycles. The van der Waals surface area contributed by atoms with Crippen molar-refractivity contribution < 1.29 is 9.90 Å². The van der Waals surface area contributed by atoms with Gasteiger partial charge in [-0.05, 0) is 55.4 Å². The first-order chi connectivity index (χ1) is 10.6. The predicted octanol–water partition coefficient (Wildman–Crippen LogP) is 3.66. The molecule has 0 saturated heterocycles. The Kier molecular flexibility index (Phi) is 2.49. The number of carboxylic acids is 1. The van der Waals surface area contributed by atoms with Gasteiger partial charge in [0.15, 0.2) is 0 Å². The Balaban J connectivity index is 2.13. The number of hydrogen-bond acceptors (Lipinski definition) is 3. The molecule has 4 heteroatoms. The highest BCUT2D eigenvalue weighted by Gasteiger charge is 2.73. The van der Waals surface area contributed by atoms with Crippen molar-refractivity contribution in [2.24, 2.45) is 5.41 Å². The molecule has 2 atom stereocenters. The van der Waals surface area contributed by atoms with Crippen molar-refractivity contribution >= 4 is 17.0 Å². The van der Waals surface area contributed by atoms with Gasteiger partial charge in [-0.2, -0.15) is 0 Å². The maximum absolute atomic E-state index is 12.3. The smallest absolute Gasteiger partial charge is 0.316 e. The zero-order chi connectivity index (χ0) is 16.8. The third-order valence-electron chi connectivity index (χ3n) is 7.02. The standard InChI is InChI=1S/C19H22N2O2/c1-10-8-12-13(9-11(10)2)21-15-14(20-12)18(5)6-7-19(15,16(22)23)17(18,3)4/h8-9H,6-7H2,1-5H3,(H,22,23)/t18-,19-/m0/s1. The molecule has 0 unspecified atom stereocenters. The van der Waals surface area contributed by atoms with Gasteiger partial charge in [-0.25, -0.2) is 9.97 Å². The summed E-state index contributed by atoms with van der Waals surface area (Å²) in [5.74, 6) is -0.762. The molecule has 2 aromatic rings. The number of hydrogen-bond donors (Lipinski definition) is 1. The molecule has 23 heavy (non-hydrogen) atoms. The summed E-state index contributed by atoms with van der Waals surface area (Å²) in [7, 11) is 0. The van der Waals surface area contributed by atoms with Gasteiger partial charge in [0, 0.05) is 5.41 Å². The Hall–Kier alpha value is -1.97. The summed E-state index contributed by atoms with van der Waals surface area (Å²) in [5.41, 5.74) is 4.06. The van der Waals surface area contributed by atoms with Gasteiger partial charge in [0.2, 0.25) is 0 Å². The summed E-state index contributed by atoms with van der Waals surface area (Å²) >= 11 is 0. The highest BCUT2D eigenvalue weighted by atomic mass is 16.4. The molecule has 1 N–H and O–H groups in total. The summed E-state index contributed by atoms with van der Waals surface area (Å²) in [6.45, 7) is 10.4. The van der Waals surface area contributed by atoms with Crippen molar-refractivity contribution in [1.82, 2.24) is 9.97 Å². The fraction of sp³-hybridized carbons (Fsp3) is 0.526. The third kappa shape index (κ3) is 1.37. The zero-order valence-corrected chi connectivity index (χ0v) is 14.3. The van der Waals surface area contributed by atoms with E-state index in [4.69, 9.17) is 9.97 Å². The number of rotatable bonds is 1. The Morgan fingerprint density at radius 3 is 2.04 bits per heavy atom. The maximum Gasteiger partial charge on any atom is 0.316 e. The Morgan fingerprint density at radius 2 is 1.52 bits per heavy atom. The van der Waals surface area contributed by atoms with E-state index < -0.39 is 16.8 Å². The van der Waals surface area contributed by atoms with E-state index in [2.05, 4.69) is 33.8 Å². The number of carboxylic acid groups (broad SMARTS) is 1. The summed E-state index contributed by atoms with van der Waals surface area (Å²) < 4.78 is 0. The van der Waals surface area contributed by atoms with Gasteiger partial charge in [-0.1, -0.05) is 20.8 Å². The minimum Gasteiger partial charge on any atom is -0.481 e. The number of aryl methyl sites for hydroxylation is 2. The molecule has 0 amide bonds. The van der Waals surface area contributed by atoms with Crippen LogP contribution < -0.4 is 0 Å². The van der Waals surface area contributed by atoms with Crippen LogP contribution in [0, 0.1) is 19.3 Å². The lowest BCUT2D eigenvalue weighted by molar-refractivity contribution is -0.148. The van der Waals surface area contributed by atoms with Gasteiger partial charge in [-0.3, -0.25) is 4.79 Å². The zero-order valence-electron chi connectivity index (χ0n) is 14.3.